The number of hydrogen-bond donors (Lipinski definition) is 1. The van der Waals surface area contributed by atoms with Crippen molar-refractivity contribution in [1.29, 1.82) is 0 Å². The molecule has 3 atom stereocenters. The second-order valence-corrected chi connectivity index (χ2v) is 21.1. The third kappa shape index (κ3) is 5.84. The number of nitrogens with one attached hydrogen (secondary N) is 1. The minimum absolute atomic E-state index is 0.00312. The van der Waals surface area contributed by atoms with Gasteiger partial charge in [-0.2, -0.15) is 4.39 Å². The number of hydrogen-bond acceptors (Lipinski definition) is 5. The highest BCUT2D eigenvalue weighted by molar-refractivity contribution is 6.74. The van der Waals surface area contributed by atoms with Gasteiger partial charge in [0.2, 0.25) is 5.82 Å². The van der Waals surface area contributed by atoms with Gasteiger partial charge in [0.05, 0.1) is 18.9 Å². The van der Waals surface area contributed by atoms with E-state index in [1.165, 1.54) is 0 Å². The van der Waals surface area contributed by atoms with Crippen molar-refractivity contribution in [3.8, 4) is 0 Å². The minimum Gasteiger partial charge on any atom is -0.414 e. The number of ether oxygens (including phenoxy) is 1. The number of aromatic amines is 1. The first-order valence-corrected chi connectivity index (χ1v) is 16.7. The van der Waals surface area contributed by atoms with Crippen LogP contribution in [0.4, 0.5) is 4.39 Å². The van der Waals surface area contributed by atoms with Gasteiger partial charge in [0.15, 0.2) is 16.6 Å². The fourth-order valence-corrected chi connectivity index (χ4v) is 5.25. The zero-order valence-corrected chi connectivity index (χ0v) is 22.6. The standard InChI is InChI=1S/C21H39FN2O5Si2/c1-20(2,3)30(7,8)27-13-16-15(29-31(9,10)21(4,5)6)11-17(28-16)24-12-14(22)18(25)23-19(24)26/h12,15-17H,11,13H2,1-10H3,(H,23,25,26). The van der Waals surface area contributed by atoms with Crippen LogP contribution in [0.25, 0.3) is 0 Å². The fourth-order valence-electron chi connectivity index (χ4n) is 2.88. The van der Waals surface area contributed by atoms with Crippen LogP contribution in [-0.4, -0.2) is 45.0 Å². The van der Waals surface area contributed by atoms with Crippen LogP contribution in [-0.2, 0) is 13.6 Å². The van der Waals surface area contributed by atoms with Crippen molar-refractivity contribution < 1.29 is 18.0 Å². The van der Waals surface area contributed by atoms with Crippen molar-refractivity contribution in [2.45, 2.75) is 103 Å². The predicted octanol–water partition coefficient (Wildman–Crippen LogP) is 4.38. The van der Waals surface area contributed by atoms with E-state index in [1.807, 2.05) is 4.98 Å². The van der Waals surface area contributed by atoms with Gasteiger partial charge in [-0.15, -0.1) is 0 Å². The number of nitrogens with zero attached hydrogens (tertiary/aromatic N) is 1. The van der Waals surface area contributed by atoms with Crippen LogP contribution < -0.4 is 11.2 Å². The molecule has 3 unspecified atom stereocenters. The third-order valence-electron chi connectivity index (χ3n) is 7.08. The molecule has 0 radical (unpaired) electrons. The molecule has 0 saturated carbocycles. The maximum atomic E-state index is 13.9. The maximum Gasteiger partial charge on any atom is 0.330 e. The van der Waals surface area contributed by atoms with Gasteiger partial charge in [-0.05, 0) is 36.3 Å². The topological polar surface area (TPSA) is 82.5 Å². The molecule has 1 aliphatic rings. The molecule has 1 aromatic rings. The Morgan fingerprint density at radius 2 is 1.65 bits per heavy atom. The molecule has 31 heavy (non-hydrogen) atoms. The number of halogens is 1. The molecule has 7 nitrogen and oxygen atoms in total. The van der Waals surface area contributed by atoms with Gasteiger partial charge in [0.25, 0.3) is 5.56 Å². The van der Waals surface area contributed by atoms with E-state index in [0.29, 0.717) is 13.0 Å². The zero-order chi connectivity index (χ0) is 24.0. The molecule has 2 rings (SSSR count). The summed E-state index contributed by atoms with van der Waals surface area (Å²) in [5.74, 6) is -1.02. The highest BCUT2D eigenvalue weighted by Gasteiger charge is 2.46. The smallest absolute Gasteiger partial charge is 0.330 e. The Labute approximate surface area is 186 Å². The van der Waals surface area contributed by atoms with Gasteiger partial charge < -0.3 is 13.6 Å². The molecular formula is C21H39FN2O5Si2. The largest absolute Gasteiger partial charge is 0.414 e. The highest BCUT2D eigenvalue weighted by Crippen LogP contribution is 2.42. The average Bonchev–Trinajstić information content (AvgIpc) is 2.96. The van der Waals surface area contributed by atoms with E-state index in [2.05, 4.69) is 67.7 Å². The Balaban J connectivity index is 2.32. The average molecular weight is 475 g/mol. The molecular weight excluding hydrogens is 435 g/mol. The molecule has 10 heteroatoms. The summed E-state index contributed by atoms with van der Waals surface area (Å²) in [6.45, 7) is 22.0. The number of rotatable bonds is 6. The van der Waals surface area contributed by atoms with Crippen molar-refractivity contribution in [3.63, 3.8) is 0 Å². The Bertz CT molecular complexity index is 899. The molecule has 2 heterocycles. The predicted molar refractivity (Wildman–Crippen MR) is 125 cm³/mol. The molecule has 1 aromatic heterocycles. The van der Waals surface area contributed by atoms with Crippen LogP contribution in [0.5, 0.6) is 0 Å². The highest BCUT2D eigenvalue weighted by atomic mass is 28.4. The first kappa shape index (κ1) is 26.2. The molecule has 1 fully saturated rings. The Kier molecular flexibility index (Phi) is 7.34. The monoisotopic (exact) mass is 474 g/mol. The van der Waals surface area contributed by atoms with Crippen LogP contribution in [0, 0.1) is 5.82 Å². The zero-order valence-electron chi connectivity index (χ0n) is 20.6. The summed E-state index contributed by atoms with van der Waals surface area (Å²) >= 11 is 0. The lowest BCUT2D eigenvalue weighted by atomic mass is 10.2. The van der Waals surface area contributed by atoms with Crippen molar-refractivity contribution in [2.75, 3.05) is 6.61 Å². The molecule has 0 aromatic carbocycles. The molecule has 0 bridgehead atoms. The summed E-state index contributed by atoms with van der Waals surface area (Å²) in [6, 6.07) is 0. The lowest BCUT2D eigenvalue weighted by Gasteiger charge is -2.40. The van der Waals surface area contributed by atoms with Crippen molar-refractivity contribution in [3.05, 3.63) is 32.9 Å². The SMILES string of the molecule is CC(C)(C)[Si](C)(C)OCC1OC(n2cc(F)c(=O)[nH]c2=O)CC1O[Si](C)(C)C(C)(C)C. The van der Waals surface area contributed by atoms with Gasteiger partial charge in [0.1, 0.15) is 12.3 Å². The van der Waals surface area contributed by atoms with Crippen molar-refractivity contribution in [1.82, 2.24) is 9.55 Å². The van der Waals surface area contributed by atoms with E-state index in [-0.39, 0.29) is 16.2 Å². The van der Waals surface area contributed by atoms with E-state index in [9.17, 15) is 14.0 Å². The van der Waals surface area contributed by atoms with Crippen molar-refractivity contribution in [2.24, 2.45) is 0 Å². The lowest BCUT2D eigenvalue weighted by molar-refractivity contribution is -0.0415. The van der Waals surface area contributed by atoms with E-state index >= 15 is 0 Å². The normalized spacial score (nSPS) is 23.4. The Morgan fingerprint density at radius 3 is 2.16 bits per heavy atom. The van der Waals surface area contributed by atoms with Gasteiger partial charge in [0, 0.05) is 6.42 Å². The molecule has 0 spiro atoms. The van der Waals surface area contributed by atoms with Crippen LogP contribution in [0.3, 0.4) is 0 Å². The first-order chi connectivity index (χ1) is 13.9. The molecule has 0 amide bonds. The number of aromatic nitrogens is 2. The van der Waals surface area contributed by atoms with Crippen LogP contribution in [0.2, 0.25) is 36.3 Å². The quantitative estimate of drug-likeness (QED) is 0.619. The van der Waals surface area contributed by atoms with Crippen LogP contribution in [0.15, 0.2) is 15.8 Å². The van der Waals surface area contributed by atoms with E-state index in [4.69, 9.17) is 13.6 Å². The summed E-state index contributed by atoms with van der Waals surface area (Å²) in [5, 5.41) is 0.0383. The molecule has 1 saturated heterocycles. The summed E-state index contributed by atoms with van der Waals surface area (Å²) in [7, 11) is -4.16. The third-order valence-corrected chi connectivity index (χ3v) is 16.1. The first-order valence-electron chi connectivity index (χ1n) is 10.8. The molecule has 178 valence electrons. The van der Waals surface area contributed by atoms with E-state index < -0.39 is 46.0 Å². The maximum absolute atomic E-state index is 13.9. The van der Waals surface area contributed by atoms with E-state index in [0.717, 1.165) is 10.8 Å². The lowest BCUT2D eigenvalue weighted by Crippen LogP contribution is -2.48. The van der Waals surface area contributed by atoms with Gasteiger partial charge in [-0.1, -0.05) is 41.5 Å². The molecule has 0 aliphatic carbocycles. The van der Waals surface area contributed by atoms with Crippen molar-refractivity contribution >= 4 is 16.6 Å². The molecule has 1 aliphatic heterocycles. The second kappa shape index (κ2) is 8.70. The Morgan fingerprint density at radius 1 is 1.10 bits per heavy atom. The van der Waals surface area contributed by atoms with Crippen LogP contribution in [0.1, 0.15) is 54.2 Å². The summed E-state index contributed by atoms with van der Waals surface area (Å²) < 4.78 is 34.2. The summed E-state index contributed by atoms with van der Waals surface area (Å²) in [6.07, 6.45) is -0.134. The number of H-pyrrole nitrogens is 1. The van der Waals surface area contributed by atoms with Gasteiger partial charge in [-0.3, -0.25) is 14.3 Å². The van der Waals surface area contributed by atoms with Gasteiger partial charge in [-0.25, -0.2) is 4.79 Å². The summed E-state index contributed by atoms with van der Waals surface area (Å²) in [4.78, 5) is 25.7. The van der Waals surface area contributed by atoms with Crippen LogP contribution >= 0.6 is 0 Å². The van der Waals surface area contributed by atoms with E-state index in [1.54, 1.807) is 0 Å². The second-order valence-electron chi connectivity index (χ2n) is 11.5. The molecule has 1 N–H and O–H groups in total. The fraction of sp³-hybridized carbons (Fsp3) is 0.810. The Hall–Kier alpha value is -1.08. The summed E-state index contributed by atoms with van der Waals surface area (Å²) in [5.41, 5.74) is -1.74. The van der Waals surface area contributed by atoms with Gasteiger partial charge >= 0.3 is 5.69 Å². The minimum atomic E-state index is -2.13.